The lowest BCUT2D eigenvalue weighted by Crippen LogP contribution is -2.48. The second-order valence-corrected chi connectivity index (χ2v) is 4.14. The van der Waals surface area contributed by atoms with Crippen molar-refractivity contribution in [2.45, 2.75) is 46.2 Å². The van der Waals surface area contributed by atoms with E-state index >= 15 is 0 Å². The summed E-state index contributed by atoms with van der Waals surface area (Å²) < 4.78 is 0. The standard InChI is InChI=1S/C11H26N2/c1-7-8(2)9(3)11(13-6)10(4)12-5/h8-13H,7H2,1-6H3. The second kappa shape index (κ2) is 6.39. The van der Waals surface area contributed by atoms with Crippen molar-refractivity contribution in [2.24, 2.45) is 11.8 Å². The highest BCUT2D eigenvalue weighted by molar-refractivity contribution is 4.83. The third kappa shape index (κ3) is 3.65. The number of nitrogens with one attached hydrogen (secondary N) is 2. The molecule has 0 saturated heterocycles. The Morgan fingerprint density at radius 2 is 1.54 bits per heavy atom. The largest absolute Gasteiger partial charge is 0.316 e. The zero-order chi connectivity index (χ0) is 10.4. The minimum atomic E-state index is 0.536. The van der Waals surface area contributed by atoms with E-state index in [9.17, 15) is 0 Å². The van der Waals surface area contributed by atoms with Gasteiger partial charge in [-0.3, -0.25) is 0 Å². The Labute approximate surface area is 83.5 Å². The van der Waals surface area contributed by atoms with Crippen molar-refractivity contribution in [2.75, 3.05) is 14.1 Å². The van der Waals surface area contributed by atoms with Crippen molar-refractivity contribution in [3.63, 3.8) is 0 Å². The van der Waals surface area contributed by atoms with E-state index in [-0.39, 0.29) is 0 Å². The summed E-state index contributed by atoms with van der Waals surface area (Å²) in [6.07, 6.45) is 1.26. The molecule has 0 spiro atoms. The summed E-state index contributed by atoms with van der Waals surface area (Å²) in [5, 5.41) is 6.72. The fourth-order valence-corrected chi connectivity index (χ4v) is 1.87. The summed E-state index contributed by atoms with van der Waals surface area (Å²) in [6, 6.07) is 1.11. The summed E-state index contributed by atoms with van der Waals surface area (Å²) in [6.45, 7) is 9.17. The molecule has 0 aliphatic carbocycles. The van der Waals surface area contributed by atoms with Crippen LogP contribution in [0.5, 0.6) is 0 Å². The minimum absolute atomic E-state index is 0.536. The molecule has 0 aliphatic rings. The van der Waals surface area contributed by atoms with Crippen LogP contribution in [-0.4, -0.2) is 26.2 Å². The number of likely N-dealkylation sites (N-methyl/N-ethyl adjacent to an activating group) is 2. The minimum Gasteiger partial charge on any atom is -0.316 e. The zero-order valence-corrected chi connectivity index (χ0v) is 10.0. The Morgan fingerprint density at radius 1 is 1.00 bits per heavy atom. The van der Waals surface area contributed by atoms with Crippen LogP contribution in [0.4, 0.5) is 0 Å². The average Bonchev–Trinajstić information content (AvgIpc) is 2.17. The van der Waals surface area contributed by atoms with Gasteiger partial charge in [-0.15, -0.1) is 0 Å². The maximum absolute atomic E-state index is 3.41. The first-order chi connectivity index (χ1) is 6.08. The Balaban J connectivity index is 4.21. The summed E-state index contributed by atoms with van der Waals surface area (Å²) in [7, 11) is 4.08. The molecule has 4 atom stereocenters. The average molecular weight is 186 g/mol. The van der Waals surface area contributed by atoms with Gasteiger partial charge in [0.2, 0.25) is 0 Å². The van der Waals surface area contributed by atoms with Crippen molar-refractivity contribution in [3.8, 4) is 0 Å². The molecule has 0 radical (unpaired) electrons. The van der Waals surface area contributed by atoms with Crippen LogP contribution in [0.25, 0.3) is 0 Å². The highest BCUT2D eigenvalue weighted by atomic mass is 15.0. The lowest BCUT2D eigenvalue weighted by Gasteiger charge is -2.32. The molecule has 0 heterocycles. The Bertz CT molecular complexity index is 125. The van der Waals surface area contributed by atoms with Crippen molar-refractivity contribution in [3.05, 3.63) is 0 Å². The van der Waals surface area contributed by atoms with Crippen molar-refractivity contribution < 1.29 is 0 Å². The molecular weight excluding hydrogens is 160 g/mol. The van der Waals surface area contributed by atoms with Gasteiger partial charge in [0, 0.05) is 12.1 Å². The summed E-state index contributed by atoms with van der Waals surface area (Å²) >= 11 is 0. The number of hydrogen-bond acceptors (Lipinski definition) is 2. The molecule has 0 bridgehead atoms. The summed E-state index contributed by atoms with van der Waals surface area (Å²) in [5.41, 5.74) is 0. The smallest absolute Gasteiger partial charge is 0.0243 e. The molecule has 0 saturated carbocycles. The predicted molar refractivity (Wildman–Crippen MR) is 60.0 cm³/mol. The van der Waals surface area contributed by atoms with Crippen LogP contribution >= 0.6 is 0 Å². The quantitative estimate of drug-likeness (QED) is 0.661. The van der Waals surface area contributed by atoms with Gasteiger partial charge in [-0.2, -0.15) is 0 Å². The van der Waals surface area contributed by atoms with Gasteiger partial charge in [0.05, 0.1) is 0 Å². The molecule has 2 heteroatoms. The van der Waals surface area contributed by atoms with Crippen LogP contribution in [0.1, 0.15) is 34.1 Å². The van der Waals surface area contributed by atoms with Gasteiger partial charge in [-0.1, -0.05) is 27.2 Å². The first-order valence-corrected chi connectivity index (χ1v) is 5.42. The highest BCUT2D eigenvalue weighted by Gasteiger charge is 2.24. The Hall–Kier alpha value is -0.0800. The molecule has 13 heavy (non-hydrogen) atoms. The molecule has 0 aromatic rings. The maximum atomic E-state index is 3.41. The van der Waals surface area contributed by atoms with E-state index in [1.807, 2.05) is 7.05 Å². The van der Waals surface area contributed by atoms with Crippen LogP contribution in [0.15, 0.2) is 0 Å². The van der Waals surface area contributed by atoms with E-state index in [0.717, 1.165) is 11.8 Å². The van der Waals surface area contributed by atoms with Gasteiger partial charge in [0.1, 0.15) is 0 Å². The normalized spacial score (nSPS) is 20.8. The summed E-state index contributed by atoms with van der Waals surface area (Å²) in [4.78, 5) is 0. The molecule has 0 rings (SSSR count). The third-order valence-electron chi connectivity index (χ3n) is 3.44. The van der Waals surface area contributed by atoms with Crippen LogP contribution in [0.2, 0.25) is 0 Å². The third-order valence-corrected chi connectivity index (χ3v) is 3.44. The fourth-order valence-electron chi connectivity index (χ4n) is 1.87. The molecule has 0 amide bonds. The van der Waals surface area contributed by atoms with Crippen LogP contribution < -0.4 is 10.6 Å². The summed E-state index contributed by atoms with van der Waals surface area (Å²) in [5.74, 6) is 1.51. The number of rotatable bonds is 6. The number of hydrogen-bond donors (Lipinski definition) is 2. The van der Waals surface area contributed by atoms with Gasteiger partial charge in [-0.25, -0.2) is 0 Å². The van der Waals surface area contributed by atoms with Crippen molar-refractivity contribution in [1.29, 1.82) is 0 Å². The lowest BCUT2D eigenvalue weighted by molar-refractivity contribution is 0.248. The monoisotopic (exact) mass is 186 g/mol. The van der Waals surface area contributed by atoms with E-state index in [1.54, 1.807) is 0 Å². The molecule has 4 unspecified atom stereocenters. The Kier molecular flexibility index (Phi) is 6.35. The molecule has 0 aliphatic heterocycles. The van der Waals surface area contributed by atoms with Crippen LogP contribution in [0, 0.1) is 11.8 Å². The molecule has 0 aromatic carbocycles. The molecule has 2 nitrogen and oxygen atoms in total. The first kappa shape index (κ1) is 12.9. The van der Waals surface area contributed by atoms with E-state index in [4.69, 9.17) is 0 Å². The van der Waals surface area contributed by atoms with Gasteiger partial charge in [0.15, 0.2) is 0 Å². The van der Waals surface area contributed by atoms with Crippen molar-refractivity contribution in [1.82, 2.24) is 10.6 Å². The van der Waals surface area contributed by atoms with Crippen LogP contribution in [0.3, 0.4) is 0 Å². The highest BCUT2D eigenvalue weighted by Crippen LogP contribution is 2.20. The molecule has 80 valence electrons. The molecule has 0 fully saturated rings. The van der Waals surface area contributed by atoms with Crippen LogP contribution in [-0.2, 0) is 0 Å². The molecular formula is C11H26N2. The Morgan fingerprint density at radius 3 is 1.85 bits per heavy atom. The van der Waals surface area contributed by atoms with Crippen molar-refractivity contribution >= 4 is 0 Å². The topological polar surface area (TPSA) is 24.1 Å². The van der Waals surface area contributed by atoms with Gasteiger partial charge < -0.3 is 10.6 Å². The zero-order valence-electron chi connectivity index (χ0n) is 10.0. The molecule has 2 N–H and O–H groups in total. The first-order valence-electron chi connectivity index (χ1n) is 5.42. The van der Waals surface area contributed by atoms with Gasteiger partial charge in [0.25, 0.3) is 0 Å². The molecule has 0 aromatic heterocycles. The van der Waals surface area contributed by atoms with Gasteiger partial charge >= 0.3 is 0 Å². The maximum Gasteiger partial charge on any atom is 0.0243 e. The van der Waals surface area contributed by atoms with E-state index < -0.39 is 0 Å². The van der Waals surface area contributed by atoms with E-state index in [2.05, 4.69) is 45.4 Å². The van der Waals surface area contributed by atoms with E-state index in [0.29, 0.717) is 12.1 Å². The second-order valence-electron chi connectivity index (χ2n) is 4.14. The van der Waals surface area contributed by atoms with E-state index in [1.165, 1.54) is 6.42 Å². The van der Waals surface area contributed by atoms with Gasteiger partial charge in [-0.05, 0) is 32.9 Å². The lowest BCUT2D eigenvalue weighted by atomic mass is 9.84. The predicted octanol–water partition coefficient (Wildman–Crippen LogP) is 1.86. The SMILES string of the molecule is CCC(C)C(C)C(NC)C(C)NC. The fraction of sp³-hybridized carbons (Fsp3) is 1.00.